The number of anilines is 1. The first-order valence-electron chi connectivity index (χ1n) is 4.89. The Labute approximate surface area is 88.3 Å². The number of H-pyrrole nitrogens is 1. The zero-order valence-electron chi connectivity index (χ0n) is 9.16. The van der Waals surface area contributed by atoms with E-state index in [1.165, 1.54) is 0 Å². The second-order valence-electron chi connectivity index (χ2n) is 3.94. The summed E-state index contributed by atoms with van der Waals surface area (Å²) in [5, 5.41) is 1.10. The Kier molecular flexibility index (Phi) is 2.23. The van der Waals surface area contributed by atoms with E-state index >= 15 is 0 Å². The van der Waals surface area contributed by atoms with Crippen LogP contribution in [0, 0.1) is 6.92 Å². The summed E-state index contributed by atoms with van der Waals surface area (Å²) < 4.78 is 0. The fourth-order valence-corrected chi connectivity index (χ4v) is 1.69. The van der Waals surface area contributed by atoms with Gasteiger partial charge in [0.05, 0.1) is 0 Å². The average Bonchev–Trinajstić information content (AvgIpc) is 2.16. The van der Waals surface area contributed by atoms with Gasteiger partial charge in [-0.05, 0) is 30.7 Å². The smallest absolute Gasteiger partial charge is 0.248 e. The molecular formula is C12H14N2O. The minimum atomic E-state index is -0.0439. The number of pyridine rings is 1. The number of aryl methyl sites for hydroxylation is 1. The van der Waals surface area contributed by atoms with Crippen LogP contribution >= 0.6 is 0 Å². The molecule has 78 valence electrons. The van der Waals surface area contributed by atoms with Gasteiger partial charge in [-0.25, -0.2) is 0 Å². The van der Waals surface area contributed by atoms with Crippen molar-refractivity contribution in [1.82, 2.24) is 4.98 Å². The summed E-state index contributed by atoms with van der Waals surface area (Å²) in [5.74, 6) is 0. The minimum Gasteiger partial charge on any atom is -0.378 e. The van der Waals surface area contributed by atoms with Crippen molar-refractivity contribution in [3.8, 4) is 0 Å². The molecule has 0 atom stereocenters. The van der Waals surface area contributed by atoms with Crippen LogP contribution in [0.3, 0.4) is 0 Å². The Morgan fingerprint density at radius 1 is 1.20 bits per heavy atom. The van der Waals surface area contributed by atoms with Gasteiger partial charge in [0.1, 0.15) is 0 Å². The molecule has 0 aliphatic carbocycles. The number of fused-ring (bicyclic) bond motifs is 1. The molecule has 0 saturated carbocycles. The molecule has 0 amide bonds. The van der Waals surface area contributed by atoms with Crippen molar-refractivity contribution in [1.29, 1.82) is 0 Å². The Hall–Kier alpha value is -1.77. The van der Waals surface area contributed by atoms with E-state index in [2.05, 4.69) is 11.1 Å². The summed E-state index contributed by atoms with van der Waals surface area (Å²) in [5.41, 5.74) is 3.00. The lowest BCUT2D eigenvalue weighted by atomic mass is 10.1. The molecule has 3 nitrogen and oxygen atoms in total. The van der Waals surface area contributed by atoms with Crippen LogP contribution in [0.15, 0.2) is 29.1 Å². The Morgan fingerprint density at radius 3 is 2.60 bits per heavy atom. The Bertz CT molecular complexity index is 555. The highest BCUT2D eigenvalue weighted by Crippen LogP contribution is 2.20. The number of aromatic amines is 1. The van der Waals surface area contributed by atoms with E-state index in [9.17, 15) is 4.79 Å². The summed E-state index contributed by atoms with van der Waals surface area (Å²) in [6, 6.07) is 7.65. The molecule has 0 aliphatic heterocycles. The topological polar surface area (TPSA) is 36.1 Å². The maximum atomic E-state index is 11.3. The second kappa shape index (κ2) is 3.42. The van der Waals surface area contributed by atoms with Crippen LogP contribution in [0.4, 0.5) is 5.69 Å². The standard InChI is InChI=1S/C12H14N2O/c1-8-6-12(15)13-11-5-4-9(14(2)3)7-10(8)11/h4-7H,1-3H3,(H,13,15). The van der Waals surface area contributed by atoms with Gasteiger partial charge < -0.3 is 9.88 Å². The molecule has 0 spiro atoms. The van der Waals surface area contributed by atoms with E-state index in [0.29, 0.717) is 0 Å². The molecule has 0 bridgehead atoms. The van der Waals surface area contributed by atoms with Crippen LogP contribution in [0.5, 0.6) is 0 Å². The summed E-state index contributed by atoms with van der Waals surface area (Å²) in [7, 11) is 4.00. The first-order chi connectivity index (χ1) is 7.08. The molecule has 3 heteroatoms. The van der Waals surface area contributed by atoms with Gasteiger partial charge in [0.25, 0.3) is 0 Å². The lowest BCUT2D eigenvalue weighted by Crippen LogP contribution is -2.09. The van der Waals surface area contributed by atoms with Gasteiger partial charge in [0.2, 0.25) is 5.56 Å². The van der Waals surface area contributed by atoms with Crippen molar-refractivity contribution in [3.05, 3.63) is 40.2 Å². The van der Waals surface area contributed by atoms with E-state index in [4.69, 9.17) is 0 Å². The number of aromatic nitrogens is 1. The number of nitrogens with zero attached hydrogens (tertiary/aromatic N) is 1. The maximum Gasteiger partial charge on any atom is 0.248 e. The first kappa shape index (κ1) is 9.77. The Balaban J connectivity index is 2.77. The van der Waals surface area contributed by atoms with Crippen LogP contribution in [0.1, 0.15) is 5.56 Å². The third kappa shape index (κ3) is 1.73. The summed E-state index contributed by atoms with van der Waals surface area (Å²) in [4.78, 5) is 16.1. The first-order valence-corrected chi connectivity index (χ1v) is 4.89. The molecule has 0 unspecified atom stereocenters. The van der Waals surface area contributed by atoms with Crippen LogP contribution in [-0.4, -0.2) is 19.1 Å². The van der Waals surface area contributed by atoms with Gasteiger partial charge >= 0.3 is 0 Å². The van der Waals surface area contributed by atoms with Gasteiger partial charge in [-0.15, -0.1) is 0 Å². The molecule has 1 aromatic carbocycles. The molecule has 1 N–H and O–H groups in total. The average molecular weight is 202 g/mol. The zero-order valence-corrected chi connectivity index (χ0v) is 9.16. The minimum absolute atomic E-state index is 0.0439. The predicted octanol–water partition coefficient (Wildman–Crippen LogP) is 1.90. The third-order valence-electron chi connectivity index (χ3n) is 2.55. The van der Waals surface area contributed by atoms with Crippen molar-refractivity contribution in [2.75, 3.05) is 19.0 Å². The van der Waals surface area contributed by atoms with E-state index in [-0.39, 0.29) is 5.56 Å². The van der Waals surface area contributed by atoms with Crippen molar-refractivity contribution >= 4 is 16.6 Å². The molecule has 0 saturated heterocycles. The molecule has 0 aliphatic rings. The summed E-state index contributed by atoms with van der Waals surface area (Å²) in [6.07, 6.45) is 0. The predicted molar refractivity (Wildman–Crippen MR) is 63.6 cm³/mol. The number of hydrogen-bond donors (Lipinski definition) is 1. The van der Waals surface area contributed by atoms with Crippen molar-refractivity contribution in [2.24, 2.45) is 0 Å². The number of rotatable bonds is 1. The highest BCUT2D eigenvalue weighted by atomic mass is 16.1. The van der Waals surface area contributed by atoms with Crippen LogP contribution in [0.2, 0.25) is 0 Å². The molecule has 2 rings (SSSR count). The maximum absolute atomic E-state index is 11.3. The van der Waals surface area contributed by atoms with Crippen LogP contribution in [0.25, 0.3) is 10.9 Å². The normalized spacial score (nSPS) is 10.6. The molecule has 0 radical (unpaired) electrons. The van der Waals surface area contributed by atoms with Crippen LogP contribution < -0.4 is 10.5 Å². The molecule has 1 heterocycles. The number of nitrogens with one attached hydrogen (secondary N) is 1. The molecule has 1 aromatic heterocycles. The SMILES string of the molecule is Cc1cc(=O)[nH]c2ccc(N(C)C)cc12. The van der Waals surface area contributed by atoms with Gasteiger partial charge in [0, 0.05) is 36.8 Å². The molecule has 2 aromatic rings. The number of benzene rings is 1. The molecule has 15 heavy (non-hydrogen) atoms. The van der Waals surface area contributed by atoms with Crippen molar-refractivity contribution < 1.29 is 0 Å². The van der Waals surface area contributed by atoms with Crippen molar-refractivity contribution in [2.45, 2.75) is 6.92 Å². The highest BCUT2D eigenvalue weighted by Gasteiger charge is 2.01. The zero-order chi connectivity index (χ0) is 11.0. The van der Waals surface area contributed by atoms with E-state index in [1.807, 2.05) is 38.1 Å². The summed E-state index contributed by atoms with van der Waals surface area (Å²) >= 11 is 0. The lowest BCUT2D eigenvalue weighted by molar-refractivity contribution is 1.13. The molecule has 0 fully saturated rings. The van der Waals surface area contributed by atoms with Crippen LogP contribution in [-0.2, 0) is 0 Å². The molecular weight excluding hydrogens is 188 g/mol. The van der Waals surface area contributed by atoms with E-state index < -0.39 is 0 Å². The fraction of sp³-hybridized carbons (Fsp3) is 0.250. The fourth-order valence-electron chi connectivity index (χ4n) is 1.69. The van der Waals surface area contributed by atoms with Gasteiger partial charge in [0.15, 0.2) is 0 Å². The Morgan fingerprint density at radius 2 is 1.93 bits per heavy atom. The second-order valence-corrected chi connectivity index (χ2v) is 3.94. The quantitative estimate of drug-likeness (QED) is 0.766. The summed E-state index contributed by atoms with van der Waals surface area (Å²) in [6.45, 7) is 1.96. The largest absolute Gasteiger partial charge is 0.378 e. The monoisotopic (exact) mass is 202 g/mol. The van der Waals surface area contributed by atoms with Gasteiger partial charge in [-0.3, -0.25) is 4.79 Å². The van der Waals surface area contributed by atoms with E-state index in [0.717, 1.165) is 22.2 Å². The third-order valence-corrected chi connectivity index (χ3v) is 2.55. The lowest BCUT2D eigenvalue weighted by Gasteiger charge is -2.13. The van der Waals surface area contributed by atoms with Gasteiger partial charge in [-0.2, -0.15) is 0 Å². The number of hydrogen-bond acceptors (Lipinski definition) is 2. The highest BCUT2D eigenvalue weighted by molar-refractivity contribution is 5.85. The van der Waals surface area contributed by atoms with Gasteiger partial charge in [-0.1, -0.05) is 0 Å². The van der Waals surface area contributed by atoms with Crippen molar-refractivity contribution in [3.63, 3.8) is 0 Å². The van der Waals surface area contributed by atoms with E-state index in [1.54, 1.807) is 6.07 Å².